The Kier molecular flexibility index (Phi) is 9.49. The number of methoxy groups -OCH3 is 3. The molecule has 0 saturated carbocycles. The van der Waals surface area contributed by atoms with E-state index < -0.39 is 30.1 Å². The summed E-state index contributed by atoms with van der Waals surface area (Å²) >= 11 is 0. The molecule has 10 nitrogen and oxygen atoms in total. The Labute approximate surface area is 211 Å². The molecule has 3 rings (SSSR count). The van der Waals surface area contributed by atoms with Crippen LogP contribution in [0.15, 0.2) is 30.0 Å². The molecule has 0 bridgehead atoms. The molecule has 1 aromatic rings. The lowest BCUT2D eigenvalue weighted by Gasteiger charge is -2.21. The standard InChI is InChI=1S/C26H34O10/c1-16-20(32-14-29-4)11-10-19(27)24-21(35-26(2,3)36-24)9-7-8-17-12-18(31-6)13-22(33-15-30-5)23(17)25(28)34-16/h7-8,11-13,16,21,24H,9-10,14-15H2,1-6H3/t16-,21-,24+/m0/s1. The maximum atomic E-state index is 13.4. The number of hydrogen-bond acceptors (Lipinski definition) is 10. The summed E-state index contributed by atoms with van der Waals surface area (Å²) in [5.74, 6) is -0.754. The van der Waals surface area contributed by atoms with Gasteiger partial charge in [0.15, 0.2) is 31.3 Å². The van der Waals surface area contributed by atoms with Crippen molar-refractivity contribution < 1.29 is 47.5 Å². The fraction of sp³-hybridized carbons (Fsp3) is 0.538. The van der Waals surface area contributed by atoms with E-state index in [1.807, 2.05) is 6.08 Å². The van der Waals surface area contributed by atoms with Gasteiger partial charge in [-0.1, -0.05) is 12.2 Å². The van der Waals surface area contributed by atoms with E-state index in [0.29, 0.717) is 17.7 Å². The van der Waals surface area contributed by atoms with Gasteiger partial charge in [-0.2, -0.15) is 0 Å². The number of rotatable bonds is 7. The molecule has 2 aliphatic rings. The summed E-state index contributed by atoms with van der Waals surface area (Å²) in [7, 11) is 4.46. The monoisotopic (exact) mass is 506 g/mol. The molecule has 0 amide bonds. The Balaban J connectivity index is 2.09. The number of Topliss-reactive ketones (excluding diaryl/α,β-unsaturated/α-hetero) is 1. The summed E-state index contributed by atoms with van der Waals surface area (Å²) in [6.45, 7) is 5.01. The molecule has 198 valence electrons. The third kappa shape index (κ3) is 6.85. The van der Waals surface area contributed by atoms with Crippen LogP contribution in [-0.4, -0.2) is 70.8 Å². The number of fused-ring (bicyclic) bond motifs is 2. The van der Waals surface area contributed by atoms with Crippen molar-refractivity contribution in [1.29, 1.82) is 0 Å². The molecule has 0 unspecified atom stereocenters. The predicted octanol–water partition coefficient (Wildman–Crippen LogP) is 3.62. The second-order valence-corrected chi connectivity index (χ2v) is 8.75. The maximum Gasteiger partial charge on any atom is 0.343 e. The van der Waals surface area contributed by atoms with E-state index in [1.54, 1.807) is 45.1 Å². The molecule has 0 N–H and O–H groups in total. The molecule has 0 aromatic heterocycles. The molecule has 1 saturated heterocycles. The largest absolute Gasteiger partial charge is 0.497 e. The topological polar surface area (TPSA) is 108 Å². The van der Waals surface area contributed by atoms with Gasteiger partial charge in [-0.05, 0) is 44.9 Å². The van der Waals surface area contributed by atoms with Crippen LogP contribution in [0.5, 0.6) is 11.5 Å². The van der Waals surface area contributed by atoms with Crippen LogP contribution < -0.4 is 9.47 Å². The van der Waals surface area contributed by atoms with E-state index >= 15 is 0 Å². The highest BCUT2D eigenvalue weighted by atomic mass is 16.8. The number of hydrogen-bond donors (Lipinski definition) is 0. The van der Waals surface area contributed by atoms with Gasteiger partial charge in [-0.3, -0.25) is 4.79 Å². The van der Waals surface area contributed by atoms with Gasteiger partial charge < -0.3 is 37.9 Å². The lowest BCUT2D eigenvalue weighted by atomic mass is 10.0. The van der Waals surface area contributed by atoms with E-state index in [1.165, 1.54) is 21.3 Å². The molecule has 1 aromatic carbocycles. The zero-order valence-electron chi connectivity index (χ0n) is 21.5. The smallest absolute Gasteiger partial charge is 0.343 e. The highest BCUT2D eigenvalue weighted by Gasteiger charge is 2.44. The lowest BCUT2D eigenvalue weighted by Crippen LogP contribution is -2.31. The van der Waals surface area contributed by atoms with Gasteiger partial charge in [0.05, 0.1) is 13.2 Å². The van der Waals surface area contributed by atoms with Crippen LogP contribution in [0.4, 0.5) is 0 Å². The van der Waals surface area contributed by atoms with Crippen LogP contribution in [-0.2, 0) is 33.2 Å². The number of ether oxygens (including phenoxy) is 8. The highest BCUT2D eigenvalue weighted by Crippen LogP contribution is 2.34. The van der Waals surface area contributed by atoms with Crippen molar-refractivity contribution >= 4 is 17.8 Å². The molecular formula is C26H34O10. The van der Waals surface area contributed by atoms with E-state index in [-0.39, 0.29) is 42.9 Å². The first kappa shape index (κ1) is 27.7. The van der Waals surface area contributed by atoms with Gasteiger partial charge >= 0.3 is 5.97 Å². The maximum absolute atomic E-state index is 13.4. The molecule has 2 aliphatic heterocycles. The molecule has 0 radical (unpaired) electrons. The fourth-order valence-corrected chi connectivity index (χ4v) is 3.99. The summed E-state index contributed by atoms with van der Waals surface area (Å²) in [6.07, 6.45) is 3.40. The van der Waals surface area contributed by atoms with Crippen molar-refractivity contribution in [2.24, 2.45) is 0 Å². The number of cyclic esters (lactones) is 1. The van der Waals surface area contributed by atoms with E-state index in [9.17, 15) is 9.59 Å². The van der Waals surface area contributed by atoms with Crippen LogP contribution in [0.1, 0.15) is 49.5 Å². The van der Waals surface area contributed by atoms with Crippen molar-refractivity contribution in [1.82, 2.24) is 0 Å². The SMILES string of the molecule is COCOC1=CCC(=O)[C@H]2OC(C)(C)O[C@H]2CC=Cc2cc(OC)cc(OCOC)c2C(=O)O[C@H]1C. The van der Waals surface area contributed by atoms with Crippen molar-refractivity contribution in [3.8, 4) is 11.5 Å². The van der Waals surface area contributed by atoms with Gasteiger partial charge in [0, 0.05) is 26.7 Å². The zero-order valence-corrected chi connectivity index (χ0v) is 21.5. The number of benzene rings is 1. The molecule has 0 spiro atoms. The van der Waals surface area contributed by atoms with Gasteiger partial charge in [0.25, 0.3) is 0 Å². The molecule has 1 fully saturated rings. The summed E-state index contributed by atoms with van der Waals surface area (Å²) in [6, 6.07) is 3.28. The lowest BCUT2D eigenvalue weighted by molar-refractivity contribution is -0.154. The van der Waals surface area contributed by atoms with E-state index in [0.717, 1.165) is 0 Å². The number of allylic oxidation sites excluding steroid dienone is 1. The first-order chi connectivity index (χ1) is 17.2. The zero-order chi connectivity index (χ0) is 26.3. The minimum atomic E-state index is -0.916. The first-order valence-corrected chi connectivity index (χ1v) is 11.6. The molecule has 36 heavy (non-hydrogen) atoms. The minimum Gasteiger partial charge on any atom is -0.497 e. The Morgan fingerprint density at radius 1 is 1.03 bits per heavy atom. The van der Waals surface area contributed by atoms with Crippen molar-refractivity contribution in [3.05, 3.63) is 41.2 Å². The van der Waals surface area contributed by atoms with Gasteiger partial charge in [-0.25, -0.2) is 4.79 Å². The molecule has 3 atom stereocenters. The van der Waals surface area contributed by atoms with E-state index in [2.05, 4.69) is 0 Å². The van der Waals surface area contributed by atoms with Crippen LogP contribution in [0, 0.1) is 0 Å². The Morgan fingerprint density at radius 3 is 2.44 bits per heavy atom. The highest BCUT2D eigenvalue weighted by molar-refractivity contribution is 5.97. The van der Waals surface area contributed by atoms with E-state index in [4.69, 9.17) is 37.9 Å². The summed E-state index contributed by atoms with van der Waals surface area (Å²) in [5, 5.41) is 0. The fourth-order valence-electron chi connectivity index (χ4n) is 3.99. The van der Waals surface area contributed by atoms with Gasteiger partial charge in [-0.15, -0.1) is 0 Å². The molecule has 10 heteroatoms. The Hall–Kier alpha value is -2.92. The van der Waals surface area contributed by atoms with Crippen molar-refractivity contribution in [3.63, 3.8) is 0 Å². The van der Waals surface area contributed by atoms with Crippen molar-refractivity contribution in [2.45, 2.75) is 57.7 Å². The number of esters is 1. The second-order valence-electron chi connectivity index (χ2n) is 8.75. The molecular weight excluding hydrogens is 472 g/mol. The van der Waals surface area contributed by atoms with Crippen LogP contribution >= 0.6 is 0 Å². The Bertz CT molecular complexity index is 997. The number of carbonyl (C=O) groups is 2. The quantitative estimate of drug-likeness (QED) is 0.402. The third-order valence-electron chi connectivity index (χ3n) is 5.58. The molecule has 2 heterocycles. The average Bonchev–Trinajstić information content (AvgIpc) is 3.15. The van der Waals surface area contributed by atoms with Crippen LogP contribution in [0.3, 0.4) is 0 Å². The molecule has 0 aliphatic carbocycles. The van der Waals surface area contributed by atoms with Crippen LogP contribution in [0.25, 0.3) is 6.08 Å². The minimum absolute atomic E-state index is 0.00123. The van der Waals surface area contributed by atoms with Gasteiger partial charge in [0.2, 0.25) is 0 Å². The third-order valence-corrected chi connectivity index (χ3v) is 5.58. The summed E-state index contributed by atoms with van der Waals surface area (Å²) in [5.41, 5.74) is 0.690. The second kappa shape index (κ2) is 12.4. The summed E-state index contributed by atoms with van der Waals surface area (Å²) in [4.78, 5) is 26.4. The van der Waals surface area contributed by atoms with Gasteiger partial charge in [0.1, 0.15) is 28.9 Å². The van der Waals surface area contributed by atoms with Crippen molar-refractivity contribution in [2.75, 3.05) is 34.9 Å². The Morgan fingerprint density at radius 2 is 1.75 bits per heavy atom. The normalized spacial score (nSPS) is 24.2. The predicted molar refractivity (Wildman–Crippen MR) is 129 cm³/mol. The average molecular weight is 507 g/mol. The number of carbonyl (C=O) groups excluding carboxylic acids is 2. The van der Waals surface area contributed by atoms with Crippen LogP contribution in [0.2, 0.25) is 0 Å². The number of ketones is 1. The summed E-state index contributed by atoms with van der Waals surface area (Å²) < 4.78 is 44.4. The first-order valence-electron chi connectivity index (χ1n) is 11.6.